The summed E-state index contributed by atoms with van der Waals surface area (Å²) in [5, 5.41) is 3.52. The van der Waals surface area contributed by atoms with Crippen molar-refractivity contribution in [2.75, 3.05) is 6.54 Å². The summed E-state index contributed by atoms with van der Waals surface area (Å²) in [6.07, 6.45) is 8.92. The van der Waals surface area contributed by atoms with Gasteiger partial charge in [0, 0.05) is 31.4 Å². The largest absolute Gasteiger partial charge is 0.333 e. The van der Waals surface area contributed by atoms with Crippen molar-refractivity contribution >= 4 is 0 Å². The van der Waals surface area contributed by atoms with E-state index in [2.05, 4.69) is 28.0 Å². The fraction of sp³-hybridized carbons (Fsp3) is 0.727. The van der Waals surface area contributed by atoms with Crippen molar-refractivity contribution < 1.29 is 0 Å². The molecule has 0 amide bonds. The van der Waals surface area contributed by atoms with Gasteiger partial charge in [0.25, 0.3) is 0 Å². The van der Waals surface area contributed by atoms with E-state index < -0.39 is 0 Å². The Morgan fingerprint density at radius 2 is 2.57 bits per heavy atom. The first-order valence-electron chi connectivity index (χ1n) is 5.63. The minimum atomic E-state index is 0.666. The zero-order valence-corrected chi connectivity index (χ0v) is 8.87. The smallest absolute Gasteiger partial charge is 0.108 e. The molecular formula is C11H19N3. The molecule has 3 nitrogen and oxygen atoms in total. The van der Waals surface area contributed by atoms with E-state index in [1.165, 1.54) is 31.6 Å². The standard InChI is InChI=1S/C11H19N3/c1-2-4-11-13-7-8-14(11)9-10-5-3-6-12-10/h7-8,10,12H,2-6,9H2,1H3. The van der Waals surface area contributed by atoms with Gasteiger partial charge in [0.2, 0.25) is 0 Å². The third-order valence-electron chi connectivity index (χ3n) is 2.85. The van der Waals surface area contributed by atoms with Gasteiger partial charge in [-0.05, 0) is 25.8 Å². The van der Waals surface area contributed by atoms with Crippen LogP contribution in [0.4, 0.5) is 0 Å². The van der Waals surface area contributed by atoms with Crippen LogP contribution in [0.15, 0.2) is 12.4 Å². The summed E-state index contributed by atoms with van der Waals surface area (Å²) in [5.41, 5.74) is 0. The maximum Gasteiger partial charge on any atom is 0.108 e. The molecule has 1 N–H and O–H groups in total. The van der Waals surface area contributed by atoms with Crippen LogP contribution < -0.4 is 5.32 Å². The van der Waals surface area contributed by atoms with E-state index in [1.807, 2.05) is 6.20 Å². The van der Waals surface area contributed by atoms with Crippen LogP contribution in [0.5, 0.6) is 0 Å². The maximum atomic E-state index is 4.38. The quantitative estimate of drug-likeness (QED) is 0.787. The summed E-state index contributed by atoms with van der Waals surface area (Å²) >= 11 is 0. The molecule has 0 aliphatic carbocycles. The Labute approximate surface area is 85.5 Å². The average molecular weight is 193 g/mol. The average Bonchev–Trinajstić information content (AvgIpc) is 2.80. The van der Waals surface area contributed by atoms with Gasteiger partial charge in [-0.1, -0.05) is 6.92 Å². The number of aromatic nitrogens is 2. The molecule has 1 atom stereocenters. The van der Waals surface area contributed by atoms with Gasteiger partial charge in [-0.15, -0.1) is 0 Å². The molecule has 0 saturated carbocycles. The first-order chi connectivity index (χ1) is 6.90. The third-order valence-corrected chi connectivity index (χ3v) is 2.85. The Bertz CT molecular complexity index is 274. The molecule has 2 heterocycles. The van der Waals surface area contributed by atoms with Crippen LogP contribution in [0.2, 0.25) is 0 Å². The van der Waals surface area contributed by atoms with Crippen LogP contribution in [0.1, 0.15) is 32.0 Å². The SMILES string of the molecule is CCCc1nccn1CC1CCCN1. The van der Waals surface area contributed by atoms with E-state index in [-0.39, 0.29) is 0 Å². The lowest BCUT2D eigenvalue weighted by atomic mass is 10.2. The molecule has 1 unspecified atom stereocenters. The van der Waals surface area contributed by atoms with Crippen LogP contribution in [0.25, 0.3) is 0 Å². The van der Waals surface area contributed by atoms with Crippen molar-refractivity contribution in [1.82, 2.24) is 14.9 Å². The second-order valence-corrected chi connectivity index (χ2v) is 4.04. The highest BCUT2D eigenvalue weighted by Gasteiger charge is 2.15. The second-order valence-electron chi connectivity index (χ2n) is 4.04. The van der Waals surface area contributed by atoms with E-state index in [1.54, 1.807) is 0 Å². The summed E-state index contributed by atoms with van der Waals surface area (Å²) in [4.78, 5) is 4.38. The molecule has 3 heteroatoms. The predicted octanol–water partition coefficient (Wildman–Crippen LogP) is 1.59. The molecule has 1 aromatic rings. The topological polar surface area (TPSA) is 29.9 Å². The van der Waals surface area contributed by atoms with Gasteiger partial charge in [0.15, 0.2) is 0 Å². The van der Waals surface area contributed by atoms with Gasteiger partial charge in [0.05, 0.1) is 0 Å². The molecule has 1 aromatic heterocycles. The number of hydrogen-bond donors (Lipinski definition) is 1. The number of nitrogens with zero attached hydrogens (tertiary/aromatic N) is 2. The van der Waals surface area contributed by atoms with Gasteiger partial charge in [-0.25, -0.2) is 4.98 Å². The minimum Gasteiger partial charge on any atom is -0.333 e. The lowest BCUT2D eigenvalue weighted by Gasteiger charge is -2.13. The first kappa shape index (κ1) is 9.71. The van der Waals surface area contributed by atoms with Gasteiger partial charge in [-0.2, -0.15) is 0 Å². The number of aryl methyl sites for hydroxylation is 1. The summed E-state index contributed by atoms with van der Waals surface area (Å²) in [5.74, 6) is 1.24. The molecule has 0 radical (unpaired) electrons. The summed E-state index contributed by atoms with van der Waals surface area (Å²) in [6.45, 7) is 4.48. The van der Waals surface area contributed by atoms with Crippen molar-refractivity contribution in [3.8, 4) is 0 Å². The van der Waals surface area contributed by atoms with E-state index in [4.69, 9.17) is 0 Å². The summed E-state index contributed by atoms with van der Waals surface area (Å²) < 4.78 is 2.30. The lowest BCUT2D eigenvalue weighted by molar-refractivity contribution is 0.495. The molecule has 1 saturated heterocycles. The monoisotopic (exact) mass is 193 g/mol. The van der Waals surface area contributed by atoms with Crippen molar-refractivity contribution in [3.05, 3.63) is 18.2 Å². The molecular weight excluding hydrogens is 174 g/mol. The molecule has 1 aliphatic rings. The molecule has 0 bridgehead atoms. The molecule has 78 valence electrons. The molecule has 14 heavy (non-hydrogen) atoms. The molecule has 0 aromatic carbocycles. The zero-order chi connectivity index (χ0) is 9.80. The minimum absolute atomic E-state index is 0.666. The van der Waals surface area contributed by atoms with Crippen LogP contribution in [0.3, 0.4) is 0 Å². The molecule has 2 rings (SSSR count). The van der Waals surface area contributed by atoms with Gasteiger partial charge in [0.1, 0.15) is 5.82 Å². The fourth-order valence-electron chi connectivity index (χ4n) is 2.11. The second kappa shape index (κ2) is 4.60. The Morgan fingerprint density at radius 1 is 1.64 bits per heavy atom. The molecule has 1 aliphatic heterocycles. The Hall–Kier alpha value is -0.830. The number of nitrogens with one attached hydrogen (secondary N) is 1. The molecule has 0 spiro atoms. The molecule has 1 fully saturated rings. The van der Waals surface area contributed by atoms with Crippen LogP contribution in [-0.2, 0) is 13.0 Å². The van der Waals surface area contributed by atoms with E-state index in [0.717, 1.165) is 13.0 Å². The highest BCUT2D eigenvalue weighted by atomic mass is 15.1. The van der Waals surface area contributed by atoms with E-state index in [9.17, 15) is 0 Å². The normalized spacial score (nSPS) is 21.6. The third kappa shape index (κ3) is 2.15. The van der Waals surface area contributed by atoms with Gasteiger partial charge < -0.3 is 9.88 Å². The van der Waals surface area contributed by atoms with Gasteiger partial charge in [-0.3, -0.25) is 0 Å². The number of rotatable bonds is 4. The van der Waals surface area contributed by atoms with E-state index in [0.29, 0.717) is 6.04 Å². The fourth-order valence-corrected chi connectivity index (χ4v) is 2.11. The van der Waals surface area contributed by atoms with Crippen LogP contribution in [0, 0.1) is 0 Å². The first-order valence-corrected chi connectivity index (χ1v) is 5.63. The Kier molecular flexibility index (Phi) is 3.19. The summed E-state index contributed by atoms with van der Waals surface area (Å²) in [7, 11) is 0. The summed E-state index contributed by atoms with van der Waals surface area (Å²) in [6, 6.07) is 0.666. The Morgan fingerprint density at radius 3 is 3.29 bits per heavy atom. The van der Waals surface area contributed by atoms with Gasteiger partial charge >= 0.3 is 0 Å². The Balaban J connectivity index is 1.96. The van der Waals surface area contributed by atoms with Crippen molar-refractivity contribution in [2.45, 2.75) is 45.2 Å². The zero-order valence-electron chi connectivity index (χ0n) is 8.87. The lowest BCUT2D eigenvalue weighted by Crippen LogP contribution is -2.27. The predicted molar refractivity (Wildman–Crippen MR) is 57.2 cm³/mol. The highest BCUT2D eigenvalue weighted by molar-refractivity contribution is 4.94. The number of hydrogen-bond acceptors (Lipinski definition) is 2. The van der Waals surface area contributed by atoms with E-state index >= 15 is 0 Å². The van der Waals surface area contributed by atoms with Crippen molar-refractivity contribution in [2.24, 2.45) is 0 Å². The highest BCUT2D eigenvalue weighted by Crippen LogP contribution is 2.09. The van der Waals surface area contributed by atoms with Crippen molar-refractivity contribution in [1.29, 1.82) is 0 Å². The van der Waals surface area contributed by atoms with Crippen LogP contribution >= 0.6 is 0 Å². The van der Waals surface area contributed by atoms with Crippen molar-refractivity contribution in [3.63, 3.8) is 0 Å². The maximum absolute atomic E-state index is 4.38. The number of imidazole rings is 1. The van der Waals surface area contributed by atoms with Crippen LogP contribution in [-0.4, -0.2) is 22.1 Å².